The van der Waals surface area contributed by atoms with Crippen LogP contribution in [0.1, 0.15) is 0 Å². The molecule has 0 aliphatic carbocycles. The molecule has 2 aromatic heterocycles. The van der Waals surface area contributed by atoms with E-state index in [1.54, 1.807) is 4.52 Å². The predicted octanol–water partition coefficient (Wildman–Crippen LogP) is 2.92. The second-order valence-corrected chi connectivity index (χ2v) is 6.17. The standard InChI is InChI=1S/C18H11N5OS/c19-10-11-25-18-20-14-9-5-4-8-13(14)16-21-17(24)15(22-23(16)18)12-6-2-1-3-7-12/h1-9H,11H2. The Morgan fingerprint density at radius 2 is 1.80 bits per heavy atom. The summed E-state index contributed by atoms with van der Waals surface area (Å²) in [5.41, 5.74) is 1.71. The van der Waals surface area contributed by atoms with E-state index in [9.17, 15) is 4.79 Å². The number of rotatable bonds is 3. The van der Waals surface area contributed by atoms with E-state index in [0.29, 0.717) is 21.9 Å². The van der Waals surface area contributed by atoms with E-state index in [-0.39, 0.29) is 11.4 Å². The molecule has 0 aliphatic rings. The first kappa shape index (κ1) is 15.3. The zero-order valence-corrected chi connectivity index (χ0v) is 13.8. The van der Waals surface area contributed by atoms with Crippen LogP contribution in [-0.2, 0) is 0 Å². The van der Waals surface area contributed by atoms with Gasteiger partial charge in [0.1, 0.15) is 0 Å². The Kier molecular flexibility index (Phi) is 3.88. The molecular formula is C18H11N5OS. The largest absolute Gasteiger partial charge is 0.300 e. The van der Waals surface area contributed by atoms with Gasteiger partial charge in [0.2, 0.25) is 0 Å². The van der Waals surface area contributed by atoms with E-state index < -0.39 is 5.56 Å². The van der Waals surface area contributed by atoms with Gasteiger partial charge in [0.05, 0.1) is 17.3 Å². The van der Waals surface area contributed by atoms with Gasteiger partial charge in [0, 0.05) is 10.9 Å². The van der Waals surface area contributed by atoms with Crippen LogP contribution in [0.15, 0.2) is 64.5 Å². The van der Waals surface area contributed by atoms with Crippen LogP contribution in [0.3, 0.4) is 0 Å². The molecular weight excluding hydrogens is 334 g/mol. The van der Waals surface area contributed by atoms with Crippen LogP contribution in [0.4, 0.5) is 0 Å². The molecule has 0 saturated carbocycles. The number of hydrogen-bond acceptors (Lipinski definition) is 6. The Balaban J connectivity index is 2.07. The highest BCUT2D eigenvalue weighted by molar-refractivity contribution is 7.99. The molecule has 4 aromatic rings. The minimum atomic E-state index is -0.390. The van der Waals surface area contributed by atoms with Gasteiger partial charge in [-0.3, -0.25) is 4.79 Å². The number of fused-ring (bicyclic) bond motifs is 3. The Morgan fingerprint density at radius 3 is 2.60 bits per heavy atom. The summed E-state index contributed by atoms with van der Waals surface area (Å²) >= 11 is 1.26. The molecule has 0 atom stereocenters. The van der Waals surface area contributed by atoms with Crippen molar-refractivity contribution < 1.29 is 0 Å². The van der Waals surface area contributed by atoms with Crippen molar-refractivity contribution in [3.05, 3.63) is 65.0 Å². The number of benzene rings is 2. The summed E-state index contributed by atoms with van der Waals surface area (Å²) in [4.78, 5) is 21.4. The molecule has 2 heterocycles. The maximum absolute atomic E-state index is 12.5. The Labute approximate surface area is 146 Å². The molecule has 0 N–H and O–H groups in total. The number of para-hydroxylation sites is 1. The molecule has 0 saturated heterocycles. The van der Waals surface area contributed by atoms with Crippen molar-refractivity contribution in [3.63, 3.8) is 0 Å². The van der Waals surface area contributed by atoms with Gasteiger partial charge in [0.25, 0.3) is 5.56 Å². The third-order valence-corrected chi connectivity index (χ3v) is 4.46. The van der Waals surface area contributed by atoms with Crippen molar-refractivity contribution in [2.75, 3.05) is 5.75 Å². The van der Waals surface area contributed by atoms with Gasteiger partial charge in [0.15, 0.2) is 16.5 Å². The highest BCUT2D eigenvalue weighted by Crippen LogP contribution is 2.23. The van der Waals surface area contributed by atoms with E-state index >= 15 is 0 Å². The van der Waals surface area contributed by atoms with Crippen molar-refractivity contribution in [3.8, 4) is 17.3 Å². The van der Waals surface area contributed by atoms with Gasteiger partial charge in [-0.1, -0.05) is 54.2 Å². The van der Waals surface area contributed by atoms with Crippen molar-refractivity contribution in [2.45, 2.75) is 5.16 Å². The van der Waals surface area contributed by atoms with E-state index in [1.807, 2.05) is 54.6 Å². The number of nitrogens with zero attached hydrogens (tertiary/aromatic N) is 5. The zero-order valence-electron chi connectivity index (χ0n) is 13.0. The van der Waals surface area contributed by atoms with E-state index in [4.69, 9.17) is 5.26 Å². The van der Waals surface area contributed by atoms with Crippen LogP contribution < -0.4 is 5.56 Å². The number of hydrogen-bond donors (Lipinski definition) is 0. The van der Waals surface area contributed by atoms with Gasteiger partial charge in [-0.15, -0.1) is 0 Å². The fraction of sp³-hybridized carbons (Fsp3) is 0.0556. The summed E-state index contributed by atoms with van der Waals surface area (Å²) in [5.74, 6) is 0.231. The van der Waals surface area contributed by atoms with Gasteiger partial charge < -0.3 is 0 Å². The third kappa shape index (κ3) is 2.73. The summed E-state index contributed by atoms with van der Waals surface area (Å²) < 4.78 is 1.55. The molecule has 0 radical (unpaired) electrons. The van der Waals surface area contributed by atoms with Crippen LogP contribution in [0.2, 0.25) is 0 Å². The molecule has 0 bridgehead atoms. The van der Waals surface area contributed by atoms with Gasteiger partial charge in [-0.2, -0.15) is 19.9 Å². The molecule has 0 aliphatic heterocycles. The highest BCUT2D eigenvalue weighted by Gasteiger charge is 2.14. The van der Waals surface area contributed by atoms with Crippen molar-refractivity contribution in [2.24, 2.45) is 0 Å². The summed E-state index contributed by atoms with van der Waals surface area (Å²) in [6.07, 6.45) is 0. The molecule has 0 amide bonds. The highest BCUT2D eigenvalue weighted by atomic mass is 32.2. The average molecular weight is 345 g/mol. The molecule has 25 heavy (non-hydrogen) atoms. The van der Waals surface area contributed by atoms with Crippen LogP contribution in [0.5, 0.6) is 0 Å². The molecule has 2 aromatic carbocycles. The Morgan fingerprint density at radius 1 is 1.04 bits per heavy atom. The lowest BCUT2D eigenvalue weighted by molar-refractivity contribution is 0.770. The summed E-state index contributed by atoms with van der Waals surface area (Å²) in [6, 6.07) is 18.7. The topological polar surface area (TPSA) is 83.9 Å². The molecule has 7 heteroatoms. The summed E-state index contributed by atoms with van der Waals surface area (Å²) in [6.45, 7) is 0. The Bertz CT molecular complexity index is 1180. The molecule has 120 valence electrons. The maximum atomic E-state index is 12.5. The minimum absolute atomic E-state index is 0.231. The Hall–Kier alpha value is -3.24. The number of aromatic nitrogens is 4. The average Bonchev–Trinajstić information content (AvgIpc) is 2.66. The van der Waals surface area contributed by atoms with Gasteiger partial charge in [-0.25, -0.2) is 4.98 Å². The molecule has 0 spiro atoms. The predicted molar refractivity (Wildman–Crippen MR) is 96.3 cm³/mol. The first-order chi connectivity index (χ1) is 12.3. The maximum Gasteiger partial charge on any atom is 0.300 e. The van der Waals surface area contributed by atoms with Crippen molar-refractivity contribution in [1.29, 1.82) is 5.26 Å². The first-order valence-electron chi connectivity index (χ1n) is 7.53. The van der Waals surface area contributed by atoms with Crippen LogP contribution in [0.25, 0.3) is 27.8 Å². The fourth-order valence-corrected chi connectivity index (χ4v) is 3.18. The molecule has 0 unspecified atom stereocenters. The normalized spacial score (nSPS) is 10.8. The van der Waals surface area contributed by atoms with Crippen LogP contribution >= 0.6 is 11.8 Å². The van der Waals surface area contributed by atoms with E-state index in [2.05, 4.69) is 21.1 Å². The van der Waals surface area contributed by atoms with E-state index in [1.165, 1.54) is 11.8 Å². The second kappa shape index (κ2) is 6.34. The minimum Gasteiger partial charge on any atom is -0.265 e. The summed E-state index contributed by atoms with van der Waals surface area (Å²) in [5, 5.41) is 14.7. The molecule has 0 fully saturated rings. The van der Waals surface area contributed by atoms with Crippen molar-refractivity contribution >= 4 is 28.3 Å². The smallest absolute Gasteiger partial charge is 0.265 e. The molecule has 4 rings (SSSR count). The number of thioether (sulfide) groups is 1. The van der Waals surface area contributed by atoms with Gasteiger partial charge in [-0.05, 0) is 12.1 Å². The fourth-order valence-electron chi connectivity index (χ4n) is 2.57. The van der Waals surface area contributed by atoms with Crippen LogP contribution in [0, 0.1) is 11.3 Å². The quantitative estimate of drug-likeness (QED) is 0.322. The monoisotopic (exact) mass is 345 g/mol. The second-order valence-electron chi connectivity index (χ2n) is 5.23. The van der Waals surface area contributed by atoms with Crippen LogP contribution in [-0.4, -0.2) is 25.3 Å². The zero-order chi connectivity index (χ0) is 17.2. The lowest BCUT2D eigenvalue weighted by Crippen LogP contribution is -2.17. The first-order valence-corrected chi connectivity index (χ1v) is 8.51. The molecule has 6 nitrogen and oxygen atoms in total. The lowest BCUT2D eigenvalue weighted by Gasteiger charge is -2.09. The van der Waals surface area contributed by atoms with Gasteiger partial charge >= 0.3 is 0 Å². The SMILES string of the molecule is N#CCSc1nc2ccccc2c2nc(=O)c(-c3ccccc3)nn12. The summed E-state index contributed by atoms with van der Waals surface area (Å²) in [7, 11) is 0. The lowest BCUT2D eigenvalue weighted by atomic mass is 10.2. The van der Waals surface area contributed by atoms with E-state index in [0.717, 1.165) is 5.39 Å². The number of nitriles is 1. The van der Waals surface area contributed by atoms with Crippen molar-refractivity contribution in [1.82, 2.24) is 19.6 Å². The third-order valence-electron chi connectivity index (χ3n) is 3.67.